The second kappa shape index (κ2) is 24.4. The highest BCUT2D eigenvalue weighted by atomic mass is 15.2. The molecular formula is C106H86BN5. The second-order valence-corrected chi connectivity index (χ2v) is 34.9. The molecule has 4 aliphatic rings. The van der Waals surface area contributed by atoms with Gasteiger partial charge in [0.15, 0.2) is 0 Å². The molecule has 0 spiro atoms. The summed E-state index contributed by atoms with van der Waals surface area (Å²) in [7, 11) is 0. The van der Waals surface area contributed by atoms with E-state index in [0.29, 0.717) is 0 Å². The summed E-state index contributed by atoms with van der Waals surface area (Å²) in [6.07, 6.45) is 4.67. The van der Waals surface area contributed by atoms with Crippen LogP contribution in [0.1, 0.15) is 103 Å². The van der Waals surface area contributed by atoms with E-state index < -0.39 is 0 Å². The Morgan fingerprint density at radius 1 is 0.214 bits per heavy atom. The molecule has 0 atom stereocenters. The van der Waals surface area contributed by atoms with Gasteiger partial charge in [-0.2, -0.15) is 0 Å². The summed E-state index contributed by atoms with van der Waals surface area (Å²) in [6, 6.07) is 126. The second-order valence-electron chi connectivity index (χ2n) is 34.9. The van der Waals surface area contributed by atoms with Crippen LogP contribution in [0.5, 0.6) is 0 Å². The Balaban J connectivity index is 0.840. The van der Waals surface area contributed by atoms with Gasteiger partial charge < -0.3 is 23.5 Å². The molecule has 5 nitrogen and oxygen atoms in total. The smallest absolute Gasteiger partial charge is 0.252 e. The first-order valence-corrected chi connectivity index (χ1v) is 40.2. The molecule has 3 aromatic heterocycles. The fraction of sp³-hybridized carbons (Fsp3) is 0.151. The number of nitrogens with zero attached hydrogens (tertiary/aromatic N) is 5. The van der Waals surface area contributed by atoms with Crippen LogP contribution in [0.15, 0.2) is 328 Å². The molecule has 0 N–H and O–H groups in total. The van der Waals surface area contributed by atoms with Crippen molar-refractivity contribution >= 4 is 123 Å². The summed E-state index contributed by atoms with van der Waals surface area (Å²) in [4.78, 5) is 5.28. The Morgan fingerprint density at radius 2 is 0.500 bits per heavy atom. The van der Waals surface area contributed by atoms with Gasteiger partial charge in [0.2, 0.25) is 0 Å². The molecule has 6 heteroatoms. The number of rotatable bonds is 9. The Kier molecular flexibility index (Phi) is 14.5. The maximum Gasteiger partial charge on any atom is 0.252 e. The van der Waals surface area contributed by atoms with Crippen molar-refractivity contribution in [2.45, 2.75) is 103 Å². The van der Waals surface area contributed by atoms with Crippen LogP contribution in [-0.4, -0.2) is 20.4 Å². The third-order valence-electron chi connectivity index (χ3n) is 26.6. The van der Waals surface area contributed by atoms with Crippen LogP contribution >= 0.6 is 0 Å². The van der Waals surface area contributed by atoms with E-state index in [1.54, 1.807) is 0 Å². The molecule has 18 aromatic rings. The van der Waals surface area contributed by atoms with Gasteiger partial charge in [-0.3, -0.25) is 0 Å². The topological polar surface area (TPSA) is 21.3 Å². The van der Waals surface area contributed by atoms with Crippen molar-refractivity contribution < 1.29 is 0 Å². The maximum absolute atomic E-state index is 2.64. The van der Waals surface area contributed by atoms with E-state index in [1.165, 1.54) is 150 Å². The number of benzene rings is 15. The molecular weight excluding hydrogens is 1350 g/mol. The highest BCUT2D eigenvalue weighted by Gasteiger charge is 2.46. The van der Waals surface area contributed by atoms with Crippen molar-refractivity contribution in [3.63, 3.8) is 0 Å². The lowest BCUT2D eigenvalue weighted by Gasteiger charge is -2.44. The SMILES string of the molecule is CC1(C)CCC(C)(C)c2cc(-c3ccc(N4c5cc(-n6c7ccccc7c7ccccc76)ccc5B5c6ccc(-n7c8ccccc8c8ccccc87)cc6N(c6ccc(-c7ccc8c(c7)C(C)(C)CCC8(C)C)cc6)c6cc(-n7c8ccc(-c9ccccc9)cc8c8cc(-c9ccccc9)ccc87)cc4c65)cc3)ccc21. The Morgan fingerprint density at radius 3 is 0.884 bits per heavy atom. The van der Waals surface area contributed by atoms with Gasteiger partial charge in [0.25, 0.3) is 6.71 Å². The zero-order valence-electron chi connectivity index (χ0n) is 64.8. The van der Waals surface area contributed by atoms with E-state index in [-0.39, 0.29) is 28.4 Å². The lowest BCUT2D eigenvalue weighted by molar-refractivity contribution is 0.332. The molecule has 22 rings (SSSR count). The van der Waals surface area contributed by atoms with E-state index in [2.05, 4.69) is 406 Å². The zero-order chi connectivity index (χ0) is 75.3. The first kappa shape index (κ1) is 66.4. The standard InChI is InChI=1S/C106H86BN5/c1-103(2)55-57-105(5,6)88-61-73(39-49-86(88)103)69-35-43-75(44-36-69)108-98-63-77(110-92-31-19-15-27-80(92)81-28-16-20-32-93(81)110)47-51-90(98)107-91-52-48-78(111-94-33-21-17-29-82(94)83-30-18-22-34-95(83)111)64-99(91)109(76-45-37-70(38-46-76)74-40-50-87-89(62-74)106(7,8)58-56-104(87,3)4)101-66-79(65-100(108)102(101)107)112-96-53-41-71(67-23-11-9-12-24-67)59-84(96)85-60-72(42-54-97(85)112)68-25-13-10-14-26-68/h9-54,59-66H,55-58H2,1-8H3. The largest absolute Gasteiger partial charge is 0.311 e. The minimum atomic E-state index is -0.208. The third-order valence-corrected chi connectivity index (χ3v) is 26.6. The molecule has 0 unspecified atom stereocenters. The summed E-state index contributed by atoms with van der Waals surface area (Å²) in [5.41, 5.74) is 36.6. The number of anilines is 6. The van der Waals surface area contributed by atoms with Crippen LogP contribution in [0.25, 0.3) is 127 Å². The summed E-state index contributed by atoms with van der Waals surface area (Å²) in [5.74, 6) is 0. The van der Waals surface area contributed by atoms with Gasteiger partial charge in [0.1, 0.15) is 0 Å². The van der Waals surface area contributed by atoms with Crippen LogP contribution in [0.2, 0.25) is 0 Å². The summed E-state index contributed by atoms with van der Waals surface area (Å²) >= 11 is 0. The van der Waals surface area contributed by atoms with E-state index in [4.69, 9.17) is 0 Å². The highest BCUT2D eigenvalue weighted by Crippen LogP contribution is 2.53. The van der Waals surface area contributed by atoms with Crippen molar-refractivity contribution in [2.24, 2.45) is 0 Å². The van der Waals surface area contributed by atoms with Gasteiger partial charge in [-0.25, -0.2) is 0 Å². The fourth-order valence-corrected chi connectivity index (χ4v) is 20.4. The predicted molar refractivity (Wildman–Crippen MR) is 476 cm³/mol. The van der Waals surface area contributed by atoms with Crippen molar-refractivity contribution in [1.29, 1.82) is 0 Å². The quantitative estimate of drug-likeness (QED) is 0.134. The van der Waals surface area contributed by atoms with Crippen molar-refractivity contribution in [3.05, 3.63) is 350 Å². The molecule has 2 aliphatic carbocycles. The first-order chi connectivity index (χ1) is 54.5. The number of para-hydroxylation sites is 4. The molecule has 0 saturated carbocycles. The molecule has 2 aliphatic heterocycles. The van der Waals surface area contributed by atoms with E-state index in [0.717, 1.165) is 75.1 Å². The average Bonchev–Trinajstić information content (AvgIpc) is 0.710. The third kappa shape index (κ3) is 10.1. The normalized spacial score (nSPS) is 15.6. The van der Waals surface area contributed by atoms with Crippen LogP contribution in [0, 0.1) is 0 Å². The lowest BCUT2D eigenvalue weighted by atomic mass is 9.33. The minimum Gasteiger partial charge on any atom is -0.311 e. The minimum absolute atomic E-state index is 0.0649. The van der Waals surface area contributed by atoms with Gasteiger partial charge in [-0.15, -0.1) is 0 Å². The molecule has 5 heterocycles. The molecule has 0 fully saturated rings. The molecule has 0 radical (unpaired) electrons. The molecule has 15 aromatic carbocycles. The molecule has 538 valence electrons. The van der Waals surface area contributed by atoms with E-state index >= 15 is 0 Å². The summed E-state index contributed by atoms with van der Waals surface area (Å²) in [5, 5.41) is 7.34. The van der Waals surface area contributed by atoms with Crippen molar-refractivity contribution in [1.82, 2.24) is 13.7 Å². The average molecular weight is 1440 g/mol. The molecule has 0 amide bonds. The zero-order valence-corrected chi connectivity index (χ0v) is 64.8. The molecule has 0 bridgehead atoms. The van der Waals surface area contributed by atoms with E-state index in [9.17, 15) is 0 Å². The predicted octanol–water partition coefficient (Wildman–Crippen LogP) is 26.4. The van der Waals surface area contributed by atoms with Gasteiger partial charge in [0, 0.05) is 77.8 Å². The molecule has 0 saturated heterocycles. The van der Waals surface area contributed by atoms with Gasteiger partial charge >= 0.3 is 0 Å². The summed E-state index contributed by atoms with van der Waals surface area (Å²) < 4.78 is 7.57. The Labute approximate surface area is 656 Å². The number of fused-ring (bicyclic) bond motifs is 15. The monoisotopic (exact) mass is 1440 g/mol. The number of aromatic nitrogens is 3. The van der Waals surface area contributed by atoms with Crippen LogP contribution in [0.3, 0.4) is 0 Å². The molecule has 112 heavy (non-hydrogen) atoms. The van der Waals surface area contributed by atoms with Crippen molar-refractivity contribution in [3.8, 4) is 61.6 Å². The van der Waals surface area contributed by atoms with Gasteiger partial charge in [0.05, 0.1) is 38.8 Å². The summed E-state index contributed by atoms with van der Waals surface area (Å²) in [6.45, 7) is 19.3. The highest BCUT2D eigenvalue weighted by molar-refractivity contribution is 7.00. The van der Waals surface area contributed by atoms with E-state index in [1.807, 2.05) is 0 Å². The van der Waals surface area contributed by atoms with Gasteiger partial charge in [-0.05, 0) is 240 Å². The number of hydrogen-bond acceptors (Lipinski definition) is 2. The maximum atomic E-state index is 2.64. The van der Waals surface area contributed by atoms with Gasteiger partial charge in [-0.1, -0.05) is 274 Å². The Bertz CT molecular complexity index is 6430. The van der Waals surface area contributed by atoms with Crippen LogP contribution < -0.4 is 26.2 Å². The lowest BCUT2D eigenvalue weighted by Crippen LogP contribution is -2.61. The van der Waals surface area contributed by atoms with Crippen LogP contribution in [0.4, 0.5) is 34.1 Å². The van der Waals surface area contributed by atoms with Crippen molar-refractivity contribution in [2.75, 3.05) is 9.80 Å². The number of hydrogen-bond donors (Lipinski definition) is 0. The fourth-order valence-electron chi connectivity index (χ4n) is 20.4. The first-order valence-electron chi connectivity index (χ1n) is 40.2. The van der Waals surface area contributed by atoms with Crippen LogP contribution in [-0.2, 0) is 21.7 Å². The Hall–Kier alpha value is -12.6.